The van der Waals surface area contributed by atoms with E-state index in [0.29, 0.717) is 28.5 Å². The third-order valence-electron chi connectivity index (χ3n) is 4.68. The van der Waals surface area contributed by atoms with Crippen LogP contribution in [0.3, 0.4) is 0 Å². The lowest BCUT2D eigenvalue weighted by Gasteiger charge is -2.14. The van der Waals surface area contributed by atoms with Crippen molar-refractivity contribution in [2.24, 2.45) is 0 Å². The summed E-state index contributed by atoms with van der Waals surface area (Å²) in [6.45, 7) is 0. The maximum atomic E-state index is 13.0. The van der Waals surface area contributed by atoms with E-state index in [2.05, 4.69) is 10.0 Å². The summed E-state index contributed by atoms with van der Waals surface area (Å²) in [6, 6.07) is 14.0. The Labute approximate surface area is 197 Å². The van der Waals surface area contributed by atoms with Crippen molar-refractivity contribution >= 4 is 33.4 Å². The van der Waals surface area contributed by atoms with Gasteiger partial charge in [-0.05, 0) is 66.7 Å². The molecular formula is C24H23FN2O6S. The van der Waals surface area contributed by atoms with Crippen molar-refractivity contribution in [3.63, 3.8) is 0 Å². The molecule has 3 aromatic carbocycles. The molecule has 0 aliphatic carbocycles. The molecule has 0 radical (unpaired) electrons. The molecule has 0 aliphatic heterocycles. The van der Waals surface area contributed by atoms with Crippen LogP contribution in [-0.2, 0) is 14.8 Å². The first-order valence-electron chi connectivity index (χ1n) is 9.94. The minimum Gasteiger partial charge on any atom is -0.493 e. The van der Waals surface area contributed by atoms with Crippen LogP contribution >= 0.6 is 0 Å². The highest BCUT2D eigenvalue weighted by Crippen LogP contribution is 2.40. The Kier molecular flexibility index (Phi) is 7.75. The van der Waals surface area contributed by atoms with Gasteiger partial charge in [-0.15, -0.1) is 0 Å². The third-order valence-corrected chi connectivity index (χ3v) is 6.07. The van der Waals surface area contributed by atoms with Crippen LogP contribution < -0.4 is 24.2 Å². The van der Waals surface area contributed by atoms with Gasteiger partial charge in [-0.1, -0.05) is 0 Å². The number of methoxy groups -OCH3 is 3. The van der Waals surface area contributed by atoms with Gasteiger partial charge in [0.15, 0.2) is 11.5 Å². The summed E-state index contributed by atoms with van der Waals surface area (Å²) >= 11 is 0. The predicted molar refractivity (Wildman–Crippen MR) is 127 cm³/mol. The smallest absolute Gasteiger partial charge is 0.261 e. The van der Waals surface area contributed by atoms with Gasteiger partial charge in [0.1, 0.15) is 5.82 Å². The predicted octanol–water partition coefficient (Wildman–Crippen LogP) is 4.30. The van der Waals surface area contributed by atoms with Gasteiger partial charge in [-0.2, -0.15) is 0 Å². The number of halogens is 1. The zero-order valence-corrected chi connectivity index (χ0v) is 19.5. The maximum absolute atomic E-state index is 13.0. The molecule has 1 amide bonds. The van der Waals surface area contributed by atoms with Crippen LogP contribution in [0.25, 0.3) is 6.08 Å². The number of rotatable bonds is 9. The number of amides is 1. The van der Waals surface area contributed by atoms with Crippen molar-refractivity contribution in [3.05, 3.63) is 78.1 Å². The van der Waals surface area contributed by atoms with Gasteiger partial charge in [0.2, 0.25) is 11.7 Å². The van der Waals surface area contributed by atoms with E-state index in [9.17, 15) is 17.6 Å². The van der Waals surface area contributed by atoms with Crippen LogP contribution in [-0.4, -0.2) is 35.7 Å². The summed E-state index contributed by atoms with van der Waals surface area (Å²) in [6.07, 6.45) is 2.87. The first-order valence-corrected chi connectivity index (χ1v) is 11.4. The minimum absolute atomic E-state index is 0.0135. The fourth-order valence-electron chi connectivity index (χ4n) is 3.05. The fourth-order valence-corrected chi connectivity index (χ4v) is 4.11. The van der Waals surface area contributed by atoms with Crippen molar-refractivity contribution in [1.29, 1.82) is 0 Å². The van der Waals surface area contributed by atoms with E-state index in [4.69, 9.17) is 14.2 Å². The van der Waals surface area contributed by atoms with E-state index in [0.717, 1.165) is 12.1 Å². The highest BCUT2D eigenvalue weighted by Gasteiger charge is 2.16. The zero-order chi connectivity index (χ0) is 24.7. The lowest BCUT2D eigenvalue weighted by Crippen LogP contribution is -2.13. The number of ether oxygens (including phenoxy) is 3. The SMILES string of the molecule is COc1ccc(C=CC(=O)Nc2ccc(S(=O)(=O)Nc3ccc(F)cc3)cc2)c(OC)c1OC. The molecule has 0 atom stereocenters. The fraction of sp³-hybridized carbons (Fsp3) is 0.125. The molecule has 0 spiro atoms. The second-order valence-electron chi connectivity index (χ2n) is 6.88. The van der Waals surface area contributed by atoms with Crippen LogP contribution in [0, 0.1) is 5.82 Å². The van der Waals surface area contributed by atoms with Gasteiger partial charge in [-0.25, -0.2) is 12.8 Å². The normalized spacial score (nSPS) is 11.2. The van der Waals surface area contributed by atoms with Gasteiger partial charge >= 0.3 is 0 Å². The molecule has 0 saturated carbocycles. The zero-order valence-electron chi connectivity index (χ0n) is 18.7. The molecule has 3 aromatic rings. The van der Waals surface area contributed by atoms with E-state index in [1.165, 1.54) is 63.8 Å². The topological polar surface area (TPSA) is 103 Å². The van der Waals surface area contributed by atoms with E-state index in [1.807, 2.05) is 0 Å². The number of carbonyl (C=O) groups is 1. The van der Waals surface area contributed by atoms with Crippen LogP contribution in [0.5, 0.6) is 17.2 Å². The Balaban J connectivity index is 1.69. The molecule has 8 nitrogen and oxygen atoms in total. The molecule has 3 rings (SSSR count). The van der Waals surface area contributed by atoms with Gasteiger partial charge in [-0.3, -0.25) is 9.52 Å². The van der Waals surface area contributed by atoms with Crippen LogP contribution in [0.15, 0.2) is 71.6 Å². The molecule has 0 saturated heterocycles. The summed E-state index contributed by atoms with van der Waals surface area (Å²) < 4.78 is 56.3. The Morgan fingerprint density at radius 3 is 2.03 bits per heavy atom. The van der Waals surface area contributed by atoms with Crippen molar-refractivity contribution in [3.8, 4) is 17.2 Å². The van der Waals surface area contributed by atoms with E-state index < -0.39 is 21.7 Å². The first-order chi connectivity index (χ1) is 16.3. The Bertz CT molecular complexity index is 1290. The van der Waals surface area contributed by atoms with Crippen molar-refractivity contribution in [2.75, 3.05) is 31.4 Å². The second kappa shape index (κ2) is 10.7. The number of benzene rings is 3. The lowest BCUT2D eigenvalue weighted by molar-refractivity contribution is -0.111. The quantitative estimate of drug-likeness (QED) is 0.437. The Hall–Kier alpha value is -4.05. The molecule has 0 bridgehead atoms. The average molecular weight is 487 g/mol. The summed E-state index contributed by atoms with van der Waals surface area (Å²) in [5.74, 6) is 0.399. The molecule has 0 unspecified atom stereocenters. The van der Waals surface area contributed by atoms with Gasteiger partial charge in [0, 0.05) is 23.0 Å². The number of nitrogens with one attached hydrogen (secondary N) is 2. The second-order valence-corrected chi connectivity index (χ2v) is 8.57. The molecule has 0 aliphatic rings. The standard InChI is InChI=1S/C24H23FN2O6S/c1-31-21-14-4-16(23(32-2)24(21)33-3)5-15-22(28)26-18-10-12-20(13-11-18)34(29,30)27-19-8-6-17(25)7-9-19/h4-15,27H,1-3H3,(H,26,28). The molecule has 0 fully saturated rings. The van der Waals surface area contributed by atoms with Gasteiger partial charge < -0.3 is 19.5 Å². The molecular weight excluding hydrogens is 463 g/mol. The highest BCUT2D eigenvalue weighted by atomic mass is 32.2. The van der Waals surface area contributed by atoms with Gasteiger partial charge in [0.05, 0.1) is 26.2 Å². The lowest BCUT2D eigenvalue weighted by atomic mass is 10.1. The molecule has 34 heavy (non-hydrogen) atoms. The van der Waals surface area contributed by atoms with Crippen LogP contribution in [0.1, 0.15) is 5.56 Å². The van der Waals surface area contributed by atoms with Crippen LogP contribution in [0.2, 0.25) is 0 Å². The minimum atomic E-state index is -3.87. The van der Waals surface area contributed by atoms with Crippen molar-refractivity contribution in [1.82, 2.24) is 0 Å². The van der Waals surface area contributed by atoms with Crippen LogP contribution in [0.4, 0.5) is 15.8 Å². The van der Waals surface area contributed by atoms with Gasteiger partial charge in [0.25, 0.3) is 10.0 Å². The molecule has 0 aromatic heterocycles. The number of carbonyl (C=O) groups excluding carboxylic acids is 1. The Morgan fingerprint density at radius 2 is 1.44 bits per heavy atom. The first kappa shape index (κ1) is 24.6. The van der Waals surface area contributed by atoms with Crippen molar-refractivity contribution in [2.45, 2.75) is 4.90 Å². The molecule has 10 heteroatoms. The summed E-state index contributed by atoms with van der Waals surface area (Å²) in [7, 11) is 0.604. The summed E-state index contributed by atoms with van der Waals surface area (Å²) in [4.78, 5) is 12.3. The number of sulfonamides is 1. The Morgan fingerprint density at radius 1 is 0.824 bits per heavy atom. The summed E-state index contributed by atoms with van der Waals surface area (Å²) in [5.41, 5.74) is 1.23. The summed E-state index contributed by atoms with van der Waals surface area (Å²) in [5, 5.41) is 2.66. The van der Waals surface area contributed by atoms with E-state index >= 15 is 0 Å². The molecule has 2 N–H and O–H groups in total. The maximum Gasteiger partial charge on any atom is 0.261 e. The number of hydrogen-bond donors (Lipinski definition) is 2. The van der Waals surface area contributed by atoms with Crippen molar-refractivity contribution < 1.29 is 31.8 Å². The highest BCUT2D eigenvalue weighted by molar-refractivity contribution is 7.92. The monoisotopic (exact) mass is 486 g/mol. The number of anilines is 2. The average Bonchev–Trinajstić information content (AvgIpc) is 2.83. The molecule has 178 valence electrons. The van der Waals surface area contributed by atoms with E-state index in [-0.39, 0.29) is 10.6 Å². The number of hydrogen-bond acceptors (Lipinski definition) is 6. The van der Waals surface area contributed by atoms with E-state index in [1.54, 1.807) is 18.2 Å². The molecule has 0 heterocycles. The third kappa shape index (κ3) is 5.84. The largest absolute Gasteiger partial charge is 0.493 e.